The Kier molecular flexibility index (Phi) is 5.05. The third-order valence-corrected chi connectivity index (χ3v) is 3.83. The molecule has 1 aliphatic rings. The highest BCUT2D eigenvalue weighted by Crippen LogP contribution is 2.17. The number of hydrogen-bond acceptors (Lipinski definition) is 6. The number of amides is 2. The Labute approximate surface area is 140 Å². The molecule has 122 valence electrons. The van der Waals surface area contributed by atoms with Crippen molar-refractivity contribution in [2.45, 2.75) is 26.3 Å². The van der Waals surface area contributed by atoms with Gasteiger partial charge in [0.15, 0.2) is 5.11 Å². The van der Waals surface area contributed by atoms with E-state index in [9.17, 15) is 9.59 Å². The van der Waals surface area contributed by atoms with Gasteiger partial charge in [-0.1, -0.05) is 6.92 Å². The molecule has 1 N–H and O–H groups in total. The molecule has 1 aliphatic heterocycles. The molecule has 0 unspecified atom stereocenters. The minimum absolute atomic E-state index is 0.0279. The molecule has 23 heavy (non-hydrogen) atoms. The van der Waals surface area contributed by atoms with E-state index in [1.54, 1.807) is 17.3 Å². The Morgan fingerprint density at radius 3 is 2.48 bits per heavy atom. The molecule has 1 fully saturated rings. The Hall–Kier alpha value is -2.35. The highest BCUT2D eigenvalue weighted by Gasteiger charge is 2.35. The standard InChI is InChI=1S/C15H19N5O2S/c1-5-9(2)20-13(22)11(12(21)18-15(20)23)6-10-7-16-14(17-8-10)19(3)4/h6-9H,5H2,1-4H3,(H,18,21,23)/b11-6+/t9-/m1/s1. The number of carbonyl (C=O) groups excluding carboxylic acids is 2. The molecule has 0 spiro atoms. The summed E-state index contributed by atoms with van der Waals surface area (Å²) in [7, 11) is 3.66. The third-order valence-electron chi connectivity index (χ3n) is 3.53. The smallest absolute Gasteiger partial charge is 0.265 e. The van der Waals surface area contributed by atoms with E-state index >= 15 is 0 Å². The Morgan fingerprint density at radius 2 is 1.96 bits per heavy atom. The largest absolute Gasteiger partial charge is 0.347 e. The molecule has 1 saturated heterocycles. The molecule has 2 rings (SSSR count). The van der Waals surface area contributed by atoms with Crippen molar-refractivity contribution in [2.24, 2.45) is 0 Å². The summed E-state index contributed by atoms with van der Waals surface area (Å²) in [5.74, 6) is -0.352. The zero-order valence-electron chi connectivity index (χ0n) is 13.5. The van der Waals surface area contributed by atoms with Gasteiger partial charge in [-0.05, 0) is 31.6 Å². The minimum Gasteiger partial charge on any atom is -0.347 e. The maximum Gasteiger partial charge on any atom is 0.265 e. The summed E-state index contributed by atoms with van der Waals surface area (Å²) in [6, 6.07) is -0.0913. The van der Waals surface area contributed by atoms with Crippen LogP contribution in [0.15, 0.2) is 18.0 Å². The molecular formula is C15H19N5O2S. The van der Waals surface area contributed by atoms with Gasteiger partial charge in [0.1, 0.15) is 5.57 Å². The van der Waals surface area contributed by atoms with E-state index in [4.69, 9.17) is 12.2 Å². The van der Waals surface area contributed by atoms with Gasteiger partial charge in [-0.25, -0.2) is 9.97 Å². The van der Waals surface area contributed by atoms with Crippen molar-refractivity contribution in [1.29, 1.82) is 0 Å². The van der Waals surface area contributed by atoms with Crippen LogP contribution in [0.3, 0.4) is 0 Å². The lowest BCUT2D eigenvalue weighted by Crippen LogP contribution is -2.56. The second-order valence-corrected chi connectivity index (χ2v) is 5.85. The van der Waals surface area contributed by atoms with Gasteiger partial charge in [0.25, 0.3) is 11.8 Å². The average Bonchev–Trinajstić information content (AvgIpc) is 2.51. The number of rotatable bonds is 4. The minimum atomic E-state index is -0.503. The molecule has 0 aliphatic carbocycles. The van der Waals surface area contributed by atoms with Crippen LogP contribution in [0.4, 0.5) is 5.95 Å². The van der Waals surface area contributed by atoms with E-state index in [2.05, 4.69) is 15.3 Å². The molecule has 7 nitrogen and oxygen atoms in total. The molecule has 0 radical (unpaired) electrons. The van der Waals surface area contributed by atoms with Crippen molar-refractivity contribution in [3.63, 3.8) is 0 Å². The van der Waals surface area contributed by atoms with Crippen LogP contribution in [0.5, 0.6) is 0 Å². The monoisotopic (exact) mass is 333 g/mol. The Balaban J connectivity index is 2.34. The van der Waals surface area contributed by atoms with Gasteiger partial charge in [0.2, 0.25) is 5.95 Å². The number of nitrogens with zero attached hydrogens (tertiary/aromatic N) is 4. The van der Waals surface area contributed by atoms with Crippen molar-refractivity contribution in [2.75, 3.05) is 19.0 Å². The predicted octanol–water partition coefficient (Wildman–Crippen LogP) is 0.968. The number of aromatic nitrogens is 2. The average molecular weight is 333 g/mol. The van der Waals surface area contributed by atoms with E-state index < -0.39 is 11.8 Å². The fourth-order valence-electron chi connectivity index (χ4n) is 2.06. The predicted molar refractivity (Wildman–Crippen MR) is 91.7 cm³/mol. The van der Waals surface area contributed by atoms with Gasteiger partial charge in [-0.2, -0.15) is 0 Å². The summed E-state index contributed by atoms with van der Waals surface area (Å²) in [4.78, 5) is 36.2. The molecule has 2 heterocycles. The van der Waals surface area contributed by atoms with Crippen LogP contribution in [0.1, 0.15) is 25.8 Å². The van der Waals surface area contributed by atoms with Crippen LogP contribution >= 0.6 is 12.2 Å². The highest BCUT2D eigenvalue weighted by molar-refractivity contribution is 7.80. The summed E-state index contributed by atoms with van der Waals surface area (Å²) < 4.78 is 0. The van der Waals surface area contributed by atoms with Crippen molar-refractivity contribution in [3.05, 3.63) is 23.5 Å². The normalized spacial score (nSPS) is 18.2. The first-order valence-electron chi connectivity index (χ1n) is 7.25. The van der Waals surface area contributed by atoms with Gasteiger partial charge in [-0.3, -0.25) is 19.8 Å². The number of carbonyl (C=O) groups is 2. The zero-order chi connectivity index (χ0) is 17.1. The van der Waals surface area contributed by atoms with E-state index in [0.717, 1.165) is 6.42 Å². The van der Waals surface area contributed by atoms with Gasteiger partial charge in [-0.15, -0.1) is 0 Å². The van der Waals surface area contributed by atoms with E-state index in [1.807, 2.05) is 27.9 Å². The molecule has 8 heteroatoms. The van der Waals surface area contributed by atoms with E-state index in [0.29, 0.717) is 11.5 Å². The molecular weight excluding hydrogens is 314 g/mol. The number of anilines is 1. The first kappa shape index (κ1) is 17.0. The van der Waals surface area contributed by atoms with Crippen molar-refractivity contribution >= 4 is 41.2 Å². The summed E-state index contributed by atoms with van der Waals surface area (Å²) in [6.07, 6.45) is 5.34. The first-order valence-corrected chi connectivity index (χ1v) is 7.66. The summed E-state index contributed by atoms with van der Waals surface area (Å²) in [6.45, 7) is 3.84. The Morgan fingerprint density at radius 1 is 1.35 bits per heavy atom. The first-order chi connectivity index (χ1) is 10.8. The van der Waals surface area contributed by atoms with E-state index in [1.165, 1.54) is 11.0 Å². The van der Waals surface area contributed by atoms with Gasteiger partial charge in [0.05, 0.1) is 0 Å². The quantitative estimate of drug-likeness (QED) is 0.502. The molecule has 0 aromatic carbocycles. The SMILES string of the molecule is CC[C@@H](C)N1C(=O)/C(=C/c2cnc(N(C)C)nc2)C(=O)NC1=S. The molecule has 2 amide bonds. The molecule has 0 saturated carbocycles. The number of nitrogens with one attached hydrogen (secondary N) is 1. The van der Waals surface area contributed by atoms with Crippen LogP contribution in [-0.4, -0.2) is 51.9 Å². The molecule has 1 atom stereocenters. The molecule has 1 aromatic rings. The Bertz CT molecular complexity index is 669. The lowest BCUT2D eigenvalue weighted by molar-refractivity contribution is -0.130. The zero-order valence-corrected chi connectivity index (χ0v) is 14.3. The van der Waals surface area contributed by atoms with Gasteiger partial charge in [0, 0.05) is 38.1 Å². The lowest BCUT2D eigenvalue weighted by atomic mass is 10.1. The van der Waals surface area contributed by atoms with Crippen LogP contribution in [0.25, 0.3) is 6.08 Å². The molecule has 1 aromatic heterocycles. The van der Waals surface area contributed by atoms with Crippen molar-refractivity contribution in [3.8, 4) is 0 Å². The van der Waals surface area contributed by atoms with E-state index in [-0.39, 0.29) is 16.7 Å². The maximum absolute atomic E-state index is 12.6. The topological polar surface area (TPSA) is 78.4 Å². The summed E-state index contributed by atoms with van der Waals surface area (Å²) in [5, 5.41) is 2.70. The second-order valence-electron chi connectivity index (χ2n) is 5.46. The lowest BCUT2D eigenvalue weighted by Gasteiger charge is -2.33. The fraction of sp³-hybridized carbons (Fsp3) is 0.400. The van der Waals surface area contributed by atoms with Crippen molar-refractivity contribution in [1.82, 2.24) is 20.2 Å². The van der Waals surface area contributed by atoms with Crippen LogP contribution in [0.2, 0.25) is 0 Å². The summed E-state index contributed by atoms with van der Waals surface area (Å²) >= 11 is 5.10. The van der Waals surface area contributed by atoms with Gasteiger partial charge < -0.3 is 4.90 Å². The van der Waals surface area contributed by atoms with Crippen LogP contribution < -0.4 is 10.2 Å². The van der Waals surface area contributed by atoms with Gasteiger partial charge >= 0.3 is 0 Å². The highest BCUT2D eigenvalue weighted by atomic mass is 32.1. The van der Waals surface area contributed by atoms with Crippen LogP contribution in [-0.2, 0) is 9.59 Å². The fourth-order valence-corrected chi connectivity index (χ4v) is 2.41. The third kappa shape index (κ3) is 3.53. The number of hydrogen-bond donors (Lipinski definition) is 1. The van der Waals surface area contributed by atoms with Crippen LogP contribution in [0, 0.1) is 0 Å². The summed E-state index contributed by atoms with van der Waals surface area (Å²) in [5.41, 5.74) is 0.603. The maximum atomic E-state index is 12.6. The van der Waals surface area contributed by atoms with Crippen molar-refractivity contribution < 1.29 is 9.59 Å². The molecule has 0 bridgehead atoms. The second kappa shape index (κ2) is 6.82. The number of thiocarbonyl (C=S) groups is 1.